The van der Waals surface area contributed by atoms with Gasteiger partial charge in [0.1, 0.15) is 17.7 Å². The summed E-state index contributed by atoms with van der Waals surface area (Å²) in [6.07, 6.45) is 1.94. The van der Waals surface area contributed by atoms with E-state index in [0.29, 0.717) is 12.1 Å². The van der Waals surface area contributed by atoms with E-state index >= 15 is 0 Å². The molecule has 1 amide bonds. The lowest BCUT2D eigenvalue weighted by Gasteiger charge is -2.15. The van der Waals surface area contributed by atoms with Gasteiger partial charge in [0.15, 0.2) is 0 Å². The van der Waals surface area contributed by atoms with Crippen molar-refractivity contribution in [2.45, 2.75) is 6.10 Å². The van der Waals surface area contributed by atoms with Gasteiger partial charge in [-0.15, -0.1) is 0 Å². The van der Waals surface area contributed by atoms with Crippen molar-refractivity contribution >= 4 is 11.8 Å². The molecule has 120 valence electrons. The third-order valence-corrected chi connectivity index (χ3v) is 3.59. The summed E-state index contributed by atoms with van der Waals surface area (Å²) in [6.45, 7) is 0.714. The molecule has 0 aliphatic carbocycles. The number of carbonyl (C=O) groups is 1. The van der Waals surface area contributed by atoms with E-state index in [1.165, 1.54) is 17.3 Å². The highest BCUT2D eigenvalue weighted by atomic mass is 19.1. The minimum absolute atomic E-state index is 0.135. The van der Waals surface area contributed by atoms with Gasteiger partial charge < -0.3 is 10.1 Å². The normalized spacial score (nSPS) is 17.4. The van der Waals surface area contributed by atoms with E-state index in [4.69, 9.17) is 4.74 Å². The Morgan fingerprint density at radius 1 is 1.39 bits per heavy atom. The molecule has 1 N–H and O–H groups in total. The number of rotatable bonds is 4. The van der Waals surface area contributed by atoms with Gasteiger partial charge in [0, 0.05) is 24.5 Å². The van der Waals surface area contributed by atoms with Crippen LogP contribution in [0.1, 0.15) is 0 Å². The highest BCUT2D eigenvalue weighted by Gasteiger charge is 2.32. The van der Waals surface area contributed by atoms with Crippen molar-refractivity contribution in [3.05, 3.63) is 48.3 Å². The summed E-state index contributed by atoms with van der Waals surface area (Å²) in [7, 11) is 1.73. The summed E-state index contributed by atoms with van der Waals surface area (Å²) in [6, 6.07) is 5.44. The lowest BCUT2D eigenvalue weighted by atomic mass is 10.1. The van der Waals surface area contributed by atoms with Crippen LogP contribution in [-0.2, 0) is 4.74 Å². The van der Waals surface area contributed by atoms with Gasteiger partial charge in [0.25, 0.3) is 0 Å². The molecule has 0 bridgehead atoms. The van der Waals surface area contributed by atoms with Crippen LogP contribution < -0.4 is 10.2 Å². The van der Waals surface area contributed by atoms with E-state index in [9.17, 15) is 13.6 Å². The Morgan fingerprint density at radius 2 is 2.13 bits per heavy atom. The first kappa shape index (κ1) is 15.4. The van der Waals surface area contributed by atoms with Gasteiger partial charge in [-0.1, -0.05) is 6.07 Å². The third kappa shape index (κ3) is 3.00. The number of carbonyl (C=O) groups excluding carboxylic acids is 1. The molecule has 1 saturated heterocycles. The fourth-order valence-corrected chi connectivity index (χ4v) is 2.57. The number of benzene rings is 1. The molecule has 1 atom stereocenters. The maximum Gasteiger partial charge on any atom is 0.414 e. The SMILES string of the molecule is CNCC1CN(c2cc(F)c(-c3cccnc3)c(F)c2)C(=O)O1. The molecule has 1 aliphatic heterocycles. The van der Waals surface area contributed by atoms with Crippen LogP contribution in [0.2, 0.25) is 0 Å². The van der Waals surface area contributed by atoms with E-state index in [1.54, 1.807) is 19.2 Å². The second-order valence-electron chi connectivity index (χ2n) is 5.20. The predicted octanol–water partition coefficient (Wildman–Crippen LogP) is 2.57. The molecule has 7 heteroatoms. The molecule has 1 fully saturated rings. The number of nitrogens with zero attached hydrogens (tertiary/aromatic N) is 2. The van der Waals surface area contributed by atoms with Crippen molar-refractivity contribution in [2.24, 2.45) is 0 Å². The first-order chi connectivity index (χ1) is 11.1. The first-order valence-electron chi connectivity index (χ1n) is 7.12. The van der Waals surface area contributed by atoms with E-state index in [0.717, 1.165) is 12.1 Å². The number of nitrogens with one attached hydrogen (secondary N) is 1. The van der Waals surface area contributed by atoms with E-state index in [2.05, 4.69) is 10.3 Å². The van der Waals surface area contributed by atoms with Gasteiger partial charge in [-0.05, 0) is 25.2 Å². The largest absolute Gasteiger partial charge is 0.443 e. The summed E-state index contributed by atoms with van der Waals surface area (Å²) in [5.74, 6) is -1.50. The van der Waals surface area contributed by atoms with Crippen molar-refractivity contribution in [3.8, 4) is 11.1 Å². The molecule has 2 heterocycles. The maximum atomic E-state index is 14.4. The topological polar surface area (TPSA) is 54.5 Å². The number of likely N-dealkylation sites (N-methyl/N-ethyl adjacent to an activating group) is 1. The van der Waals surface area contributed by atoms with Crippen LogP contribution in [0.4, 0.5) is 19.3 Å². The molecular formula is C16H15F2N3O2. The number of hydrogen-bond acceptors (Lipinski definition) is 4. The lowest BCUT2D eigenvalue weighted by Crippen LogP contribution is -2.29. The van der Waals surface area contributed by atoms with Crippen molar-refractivity contribution < 1.29 is 18.3 Å². The van der Waals surface area contributed by atoms with Crippen molar-refractivity contribution in [3.63, 3.8) is 0 Å². The van der Waals surface area contributed by atoms with Crippen LogP contribution in [0.15, 0.2) is 36.7 Å². The third-order valence-electron chi connectivity index (χ3n) is 3.59. The molecule has 1 aromatic heterocycles. The number of cyclic esters (lactones) is 1. The molecule has 0 spiro atoms. The Hall–Kier alpha value is -2.54. The van der Waals surface area contributed by atoms with Crippen LogP contribution in [0, 0.1) is 11.6 Å². The number of aromatic nitrogens is 1. The molecule has 1 aromatic carbocycles. The summed E-state index contributed by atoms with van der Waals surface area (Å²) >= 11 is 0. The quantitative estimate of drug-likeness (QED) is 0.941. The first-order valence-corrected chi connectivity index (χ1v) is 7.12. The molecule has 0 radical (unpaired) electrons. The summed E-state index contributed by atoms with van der Waals surface area (Å²) in [5.41, 5.74) is 0.309. The number of pyridine rings is 1. The molecule has 1 aliphatic rings. The fourth-order valence-electron chi connectivity index (χ4n) is 2.57. The van der Waals surface area contributed by atoms with Gasteiger partial charge in [-0.3, -0.25) is 9.88 Å². The zero-order chi connectivity index (χ0) is 16.4. The minimum Gasteiger partial charge on any atom is -0.443 e. The highest BCUT2D eigenvalue weighted by molar-refractivity contribution is 5.90. The molecule has 3 rings (SSSR count). The maximum absolute atomic E-state index is 14.4. The van der Waals surface area contributed by atoms with Gasteiger partial charge in [-0.25, -0.2) is 13.6 Å². The zero-order valence-electron chi connectivity index (χ0n) is 12.4. The molecule has 5 nitrogen and oxygen atoms in total. The minimum atomic E-state index is -0.752. The van der Waals surface area contributed by atoms with Crippen LogP contribution in [-0.4, -0.2) is 37.3 Å². The second-order valence-corrected chi connectivity index (χ2v) is 5.20. The highest BCUT2D eigenvalue weighted by Crippen LogP contribution is 2.31. The standard InChI is InChI=1S/C16H15F2N3O2/c1-19-8-12-9-21(16(22)23-12)11-5-13(17)15(14(18)6-11)10-3-2-4-20-7-10/h2-7,12,19H,8-9H2,1H3. The average Bonchev–Trinajstić information content (AvgIpc) is 2.89. The van der Waals surface area contributed by atoms with Gasteiger partial charge in [0.05, 0.1) is 17.8 Å². The Labute approximate surface area is 131 Å². The van der Waals surface area contributed by atoms with E-state index in [-0.39, 0.29) is 23.9 Å². The van der Waals surface area contributed by atoms with Crippen molar-refractivity contribution in [2.75, 3.05) is 25.0 Å². The van der Waals surface area contributed by atoms with Crippen LogP contribution in [0.5, 0.6) is 0 Å². The number of ether oxygens (including phenoxy) is 1. The smallest absolute Gasteiger partial charge is 0.414 e. The molecule has 1 unspecified atom stereocenters. The Balaban J connectivity index is 1.93. The fraction of sp³-hybridized carbons (Fsp3) is 0.250. The van der Waals surface area contributed by atoms with Crippen molar-refractivity contribution in [1.29, 1.82) is 0 Å². The van der Waals surface area contributed by atoms with Crippen LogP contribution >= 0.6 is 0 Å². The Kier molecular flexibility index (Phi) is 4.20. The molecule has 23 heavy (non-hydrogen) atoms. The van der Waals surface area contributed by atoms with Gasteiger partial charge in [0.2, 0.25) is 0 Å². The number of amides is 1. The lowest BCUT2D eigenvalue weighted by molar-refractivity contribution is 0.141. The molecular weight excluding hydrogens is 304 g/mol. The van der Waals surface area contributed by atoms with Crippen LogP contribution in [0.25, 0.3) is 11.1 Å². The number of halogens is 2. The number of hydrogen-bond donors (Lipinski definition) is 1. The second kappa shape index (κ2) is 6.29. The Bertz CT molecular complexity index is 702. The number of anilines is 1. The van der Waals surface area contributed by atoms with E-state index < -0.39 is 17.7 Å². The van der Waals surface area contributed by atoms with Crippen LogP contribution in [0.3, 0.4) is 0 Å². The average molecular weight is 319 g/mol. The van der Waals surface area contributed by atoms with Gasteiger partial charge >= 0.3 is 6.09 Å². The summed E-state index contributed by atoms with van der Waals surface area (Å²) in [5, 5.41) is 2.90. The summed E-state index contributed by atoms with van der Waals surface area (Å²) < 4.78 is 33.9. The van der Waals surface area contributed by atoms with Gasteiger partial charge in [-0.2, -0.15) is 0 Å². The van der Waals surface area contributed by atoms with Crippen molar-refractivity contribution in [1.82, 2.24) is 10.3 Å². The van der Waals surface area contributed by atoms with E-state index in [1.807, 2.05) is 0 Å². The predicted molar refractivity (Wildman–Crippen MR) is 81.1 cm³/mol. The molecule has 0 saturated carbocycles. The Morgan fingerprint density at radius 3 is 2.74 bits per heavy atom. The zero-order valence-corrected chi connectivity index (χ0v) is 12.4. The molecule has 2 aromatic rings. The summed E-state index contributed by atoms with van der Waals surface area (Å²) in [4.78, 5) is 16.9. The monoisotopic (exact) mass is 319 g/mol.